The standard InChI is InChI=1S/C26H28N2O4S/c1-2-30-17-18-32-24-10-6-9-21(19-24)25(29)28-26(33)27-22-11-13-23(14-12-22)31-16-15-20-7-4-3-5-8-20/h3-14,19H,2,15-18H2,1H3,(H2,27,28,29,33). The van der Waals surface area contributed by atoms with Gasteiger partial charge >= 0.3 is 0 Å². The molecular formula is C26H28N2O4S. The second-order valence-electron chi connectivity index (χ2n) is 7.09. The van der Waals surface area contributed by atoms with Crippen molar-refractivity contribution in [3.8, 4) is 11.5 Å². The summed E-state index contributed by atoms with van der Waals surface area (Å²) in [4.78, 5) is 12.5. The summed E-state index contributed by atoms with van der Waals surface area (Å²) in [6.07, 6.45) is 0.843. The SMILES string of the molecule is CCOCCOc1cccc(C(=O)NC(=S)Nc2ccc(OCCc3ccccc3)cc2)c1. The topological polar surface area (TPSA) is 68.8 Å². The maximum atomic E-state index is 12.5. The molecule has 0 saturated carbocycles. The minimum Gasteiger partial charge on any atom is -0.493 e. The first-order valence-electron chi connectivity index (χ1n) is 10.8. The monoisotopic (exact) mass is 464 g/mol. The first-order valence-corrected chi connectivity index (χ1v) is 11.2. The molecule has 33 heavy (non-hydrogen) atoms. The van der Waals surface area contributed by atoms with Gasteiger partial charge in [-0.15, -0.1) is 0 Å². The van der Waals surface area contributed by atoms with Crippen molar-refractivity contribution in [1.29, 1.82) is 0 Å². The average Bonchev–Trinajstić information content (AvgIpc) is 2.84. The molecule has 3 rings (SSSR count). The number of thiocarbonyl (C=S) groups is 1. The molecule has 0 atom stereocenters. The highest BCUT2D eigenvalue weighted by Crippen LogP contribution is 2.17. The van der Waals surface area contributed by atoms with E-state index in [-0.39, 0.29) is 11.0 Å². The number of hydrogen-bond donors (Lipinski definition) is 2. The van der Waals surface area contributed by atoms with Gasteiger partial charge in [-0.25, -0.2) is 0 Å². The Bertz CT molecular complexity index is 1030. The van der Waals surface area contributed by atoms with E-state index in [4.69, 9.17) is 26.4 Å². The number of benzene rings is 3. The minimum absolute atomic E-state index is 0.209. The number of carbonyl (C=O) groups excluding carboxylic acids is 1. The Morgan fingerprint density at radius 1 is 0.848 bits per heavy atom. The van der Waals surface area contributed by atoms with Crippen LogP contribution in [0.5, 0.6) is 11.5 Å². The molecule has 0 spiro atoms. The lowest BCUT2D eigenvalue weighted by atomic mass is 10.2. The number of nitrogens with one attached hydrogen (secondary N) is 2. The van der Waals surface area contributed by atoms with Gasteiger partial charge in [0.05, 0.1) is 13.2 Å². The molecule has 0 aliphatic rings. The van der Waals surface area contributed by atoms with E-state index in [1.165, 1.54) is 5.56 Å². The van der Waals surface area contributed by atoms with E-state index in [9.17, 15) is 4.79 Å². The van der Waals surface area contributed by atoms with Gasteiger partial charge in [-0.1, -0.05) is 36.4 Å². The number of rotatable bonds is 11. The molecule has 3 aromatic carbocycles. The highest BCUT2D eigenvalue weighted by molar-refractivity contribution is 7.80. The molecule has 0 aliphatic carbocycles. The van der Waals surface area contributed by atoms with Crippen LogP contribution in [0.2, 0.25) is 0 Å². The molecule has 172 valence electrons. The van der Waals surface area contributed by atoms with E-state index in [0.717, 1.165) is 17.9 Å². The fraction of sp³-hybridized carbons (Fsp3) is 0.231. The zero-order chi connectivity index (χ0) is 23.3. The smallest absolute Gasteiger partial charge is 0.257 e. The first kappa shape index (κ1) is 24.2. The predicted molar refractivity (Wildman–Crippen MR) is 134 cm³/mol. The summed E-state index contributed by atoms with van der Waals surface area (Å²) >= 11 is 5.28. The Labute approximate surface area is 199 Å². The van der Waals surface area contributed by atoms with Crippen LogP contribution in [0.15, 0.2) is 78.9 Å². The van der Waals surface area contributed by atoms with Crippen LogP contribution < -0.4 is 20.1 Å². The number of ether oxygens (including phenoxy) is 3. The van der Waals surface area contributed by atoms with Crippen molar-refractivity contribution in [3.63, 3.8) is 0 Å². The van der Waals surface area contributed by atoms with Crippen LogP contribution in [0.3, 0.4) is 0 Å². The lowest BCUT2D eigenvalue weighted by Gasteiger charge is -2.12. The molecule has 0 unspecified atom stereocenters. The third kappa shape index (κ3) is 8.56. The van der Waals surface area contributed by atoms with Crippen LogP contribution in [0.1, 0.15) is 22.8 Å². The molecule has 3 aromatic rings. The molecule has 0 bridgehead atoms. The molecule has 1 amide bonds. The summed E-state index contributed by atoms with van der Waals surface area (Å²) in [5, 5.41) is 5.90. The summed E-state index contributed by atoms with van der Waals surface area (Å²) < 4.78 is 16.6. The van der Waals surface area contributed by atoms with Crippen molar-refractivity contribution in [2.45, 2.75) is 13.3 Å². The number of amides is 1. The zero-order valence-electron chi connectivity index (χ0n) is 18.6. The van der Waals surface area contributed by atoms with E-state index >= 15 is 0 Å². The Morgan fingerprint density at radius 3 is 2.36 bits per heavy atom. The fourth-order valence-electron chi connectivity index (χ4n) is 2.99. The average molecular weight is 465 g/mol. The van der Waals surface area contributed by atoms with Crippen LogP contribution in [-0.4, -0.2) is 37.4 Å². The number of hydrogen-bond acceptors (Lipinski definition) is 5. The molecule has 6 nitrogen and oxygen atoms in total. The second-order valence-corrected chi connectivity index (χ2v) is 7.50. The van der Waals surface area contributed by atoms with Crippen LogP contribution in [-0.2, 0) is 11.2 Å². The van der Waals surface area contributed by atoms with Crippen molar-refractivity contribution in [3.05, 3.63) is 90.0 Å². The van der Waals surface area contributed by atoms with E-state index in [0.29, 0.717) is 37.7 Å². The Balaban J connectivity index is 1.43. The third-order valence-electron chi connectivity index (χ3n) is 4.64. The summed E-state index contributed by atoms with van der Waals surface area (Å²) in [6, 6.07) is 24.6. The molecule has 0 radical (unpaired) electrons. The van der Waals surface area contributed by atoms with Gasteiger partial charge < -0.3 is 19.5 Å². The Morgan fingerprint density at radius 2 is 1.61 bits per heavy atom. The molecule has 2 N–H and O–H groups in total. The van der Waals surface area contributed by atoms with Gasteiger partial charge in [-0.2, -0.15) is 0 Å². The maximum Gasteiger partial charge on any atom is 0.257 e. The quantitative estimate of drug-likeness (QED) is 0.312. The molecule has 7 heteroatoms. The zero-order valence-corrected chi connectivity index (χ0v) is 19.4. The predicted octanol–water partition coefficient (Wildman–Crippen LogP) is 4.85. The summed E-state index contributed by atoms with van der Waals surface area (Å²) in [7, 11) is 0. The minimum atomic E-state index is -0.316. The molecule has 0 saturated heterocycles. The Kier molecular flexibility index (Phi) is 9.69. The fourth-order valence-corrected chi connectivity index (χ4v) is 3.20. The van der Waals surface area contributed by atoms with Crippen LogP contribution in [0.4, 0.5) is 5.69 Å². The molecule has 0 aliphatic heterocycles. The van der Waals surface area contributed by atoms with Crippen molar-refractivity contribution in [1.82, 2.24) is 5.32 Å². The van der Waals surface area contributed by atoms with Crippen molar-refractivity contribution in [2.24, 2.45) is 0 Å². The third-order valence-corrected chi connectivity index (χ3v) is 4.84. The molecule has 0 aromatic heterocycles. The van der Waals surface area contributed by atoms with Gasteiger partial charge in [0.1, 0.15) is 18.1 Å². The first-order chi connectivity index (χ1) is 16.1. The maximum absolute atomic E-state index is 12.5. The number of anilines is 1. The number of carbonyl (C=O) groups is 1. The van der Waals surface area contributed by atoms with Gasteiger partial charge in [-0.05, 0) is 67.2 Å². The van der Waals surface area contributed by atoms with Gasteiger partial charge in [0.15, 0.2) is 5.11 Å². The lowest BCUT2D eigenvalue weighted by molar-refractivity contribution is 0.0976. The highest BCUT2D eigenvalue weighted by Gasteiger charge is 2.09. The van der Waals surface area contributed by atoms with Crippen molar-refractivity contribution in [2.75, 3.05) is 31.7 Å². The van der Waals surface area contributed by atoms with E-state index in [1.54, 1.807) is 24.3 Å². The van der Waals surface area contributed by atoms with Crippen LogP contribution in [0, 0.1) is 0 Å². The molecular weight excluding hydrogens is 436 g/mol. The van der Waals surface area contributed by atoms with E-state index < -0.39 is 0 Å². The van der Waals surface area contributed by atoms with E-state index in [2.05, 4.69) is 22.8 Å². The van der Waals surface area contributed by atoms with Gasteiger partial charge in [0.25, 0.3) is 5.91 Å². The van der Waals surface area contributed by atoms with E-state index in [1.807, 2.05) is 49.4 Å². The summed E-state index contributed by atoms with van der Waals surface area (Å²) in [5.74, 6) is 1.06. The Hall–Kier alpha value is -3.42. The normalized spacial score (nSPS) is 10.3. The molecule has 0 heterocycles. The van der Waals surface area contributed by atoms with Gasteiger partial charge in [-0.3, -0.25) is 10.1 Å². The molecule has 0 fully saturated rings. The highest BCUT2D eigenvalue weighted by atomic mass is 32.1. The van der Waals surface area contributed by atoms with Gasteiger partial charge in [0, 0.05) is 24.3 Å². The largest absolute Gasteiger partial charge is 0.493 e. The van der Waals surface area contributed by atoms with Crippen molar-refractivity contribution >= 4 is 28.9 Å². The second kappa shape index (κ2) is 13.2. The lowest BCUT2D eigenvalue weighted by Crippen LogP contribution is -2.34. The van der Waals surface area contributed by atoms with Crippen LogP contribution in [0.25, 0.3) is 0 Å². The van der Waals surface area contributed by atoms with Crippen LogP contribution >= 0.6 is 12.2 Å². The summed E-state index contributed by atoms with van der Waals surface area (Å²) in [6.45, 7) is 4.08. The van der Waals surface area contributed by atoms with Crippen molar-refractivity contribution < 1.29 is 19.0 Å². The van der Waals surface area contributed by atoms with Gasteiger partial charge in [0.2, 0.25) is 0 Å². The summed E-state index contributed by atoms with van der Waals surface area (Å²) in [5.41, 5.74) is 2.44.